The molecule has 0 radical (unpaired) electrons. The molecule has 0 heterocycles. The first-order valence-corrected chi connectivity index (χ1v) is 8.47. The zero-order valence-electron chi connectivity index (χ0n) is 15.0. The number of hydrogen-bond donors (Lipinski definition) is 0. The van der Waals surface area contributed by atoms with Crippen LogP contribution in [0.4, 0.5) is 11.4 Å². The van der Waals surface area contributed by atoms with E-state index < -0.39 is 9.85 Å². The number of hydrogen-bond acceptors (Lipinski definition) is 8. The Balaban J connectivity index is 1.49. The summed E-state index contributed by atoms with van der Waals surface area (Å²) in [6.07, 6.45) is 0. The van der Waals surface area contributed by atoms with Gasteiger partial charge >= 0.3 is 5.69 Å². The van der Waals surface area contributed by atoms with Gasteiger partial charge in [-0.05, 0) is 18.2 Å². The van der Waals surface area contributed by atoms with E-state index in [0.29, 0.717) is 32.2 Å². The molecule has 0 amide bonds. The fraction of sp³-hybridized carbons (Fsp3) is 0.333. The van der Waals surface area contributed by atoms with Crippen molar-refractivity contribution >= 4 is 11.4 Å². The SMILES string of the molecule is O=[N+]([O-])c1ccc(OCCOCCOCCOc2ccccc2[N+](=O)[O-])cc1. The summed E-state index contributed by atoms with van der Waals surface area (Å²) < 4.78 is 21.4. The maximum Gasteiger partial charge on any atom is 0.310 e. The molecule has 0 aromatic heterocycles. The molecule has 0 spiro atoms. The van der Waals surface area contributed by atoms with Gasteiger partial charge in [0.1, 0.15) is 19.0 Å². The van der Waals surface area contributed by atoms with Crippen molar-refractivity contribution in [2.75, 3.05) is 39.6 Å². The minimum Gasteiger partial charge on any atom is -0.491 e. The van der Waals surface area contributed by atoms with Crippen molar-refractivity contribution in [2.45, 2.75) is 0 Å². The molecule has 0 aliphatic carbocycles. The first-order valence-electron chi connectivity index (χ1n) is 8.47. The molecule has 0 unspecified atom stereocenters. The Kier molecular flexibility index (Phi) is 8.63. The molecule has 0 saturated heterocycles. The molecular formula is C18H20N2O8. The van der Waals surface area contributed by atoms with Gasteiger partial charge in [0.05, 0.1) is 36.3 Å². The molecule has 2 aromatic carbocycles. The van der Waals surface area contributed by atoms with Gasteiger partial charge in [-0.2, -0.15) is 0 Å². The van der Waals surface area contributed by atoms with Crippen LogP contribution in [0.15, 0.2) is 48.5 Å². The highest BCUT2D eigenvalue weighted by Crippen LogP contribution is 2.25. The van der Waals surface area contributed by atoms with Gasteiger partial charge in [-0.1, -0.05) is 12.1 Å². The van der Waals surface area contributed by atoms with Gasteiger partial charge in [0.15, 0.2) is 5.75 Å². The van der Waals surface area contributed by atoms with Crippen molar-refractivity contribution in [3.63, 3.8) is 0 Å². The van der Waals surface area contributed by atoms with Crippen molar-refractivity contribution in [2.24, 2.45) is 0 Å². The van der Waals surface area contributed by atoms with Crippen molar-refractivity contribution in [3.8, 4) is 11.5 Å². The minimum atomic E-state index is -0.497. The highest BCUT2D eigenvalue weighted by Gasteiger charge is 2.13. The van der Waals surface area contributed by atoms with E-state index in [1.807, 2.05) is 0 Å². The van der Waals surface area contributed by atoms with Crippen molar-refractivity contribution in [1.29, 1.82) is 0 Å². The molecule has 28 heavy (non-hydrogen) atoms. The molecule has 2 rings (SSSR count). The summed E-state index contributed by atoms with van der Waals surface area (Å²) in [4.78, 5) is 20.4. The van der Waals surface area contributed by atoms with E-state index >= 15 is 0 Å². The summed E-state index contributed by atoms with van der Waals surface area (Å²) in [5, 5.41) is 21.4. The van der Waals surface area contributed by atoms with Crippen LogP contribution < -0.4 is 9.47 Å². The third-order valence-electron chi connectivity index (χ3n) is 3.46. The molecule has 0 N–H and O–H groups in total. The van der Waals surface area contributed by atoms with Crippen molar-refractivity contribution in [1.82, 2.24) is 0 Å². The third-order valence-corrected chi connectivity index (χ3v) is 3.46. The van der Waals surface area contributed by atoms with Crippen LogP contribution in [-0.2, 0) is 9.47 Å². The molecule has 150 valence electrons. The van der Waals surface area contributed by atoms with Crippen LogP contribution in [0.5, 0.6) is 11.5 Å². The topological polar surface area (TPSA) is 123 Å². The van der Waals surface area contributed by atoms with Gasteiger partial charge in [0.25, 0.3) is 5.69 Å². The van der Waals surface area contributed by atoms with Crippen LogP contribution in [0.1, 0.15) is 0 Å². The Morgan fingerprint density at radius 3 is 1.86 bits per heavy atom. The lowest BCUT2D eigenvalue weighted by atomic mass is 10.3. The van der Waals surface area contributed by atoms with Crippen molar-refractivity contribution < 1.29 is 28.8 Å². The van der Waals surface area contributed by atoms with E-state index in [4.69, 9.17) is 18.9 Å². The molecular weight excluding hydrogens is 372 g/mol. The summed E-state index contributed by atoms with van der Waals surface area (Å²) >= 11 is 0. The number of para-hydroxylation sites is 2. The Hall–Kier alpha value is -3.24. The van der Waals surface area contributed by atoms with Crippen molar-refractivity contribution in [3.05, 3.63) is 68.8 Å². The number of non-ortho nitro benzene ring substituents is 1. The van der Waals surface area contributed by atoms with Crippen LogP contribution >= 0.6 is 0 Å². The molecule has 0 fully saturated rings. The van der Waals surface area contributed by atoms with Crippen LogP contribution in [0.25, 0.3) is 0 Å². The van der Waals surface area contributed by atoms with Gasteiger partial charge in [0.2, 0.25) is 0 Å². The third kappa shape index (κ3) is 7.17. The van der Waals surface area contributed by atoms with Crippen LogP contribution in [0.2, 0.25) is 0 Å². The van der Waals surface area contributed by atoms with E-state index in [1.54, 1.807) is 12.1 Å². The van der Waals surface area contributed by atoms with Gasteiger partial charge in [-0.25, -0.2) is 0 Å². The molecule has 0 aliphatic rings. The standard InChI is InChI=1S/C18H20N2O8/c21-19(22)15-5-7-16(8-6-15)27-13-11-25-9-10-26-12-14-28-18-4-2-1-3-17(18)20(23)24/h1-8H,9-14H2. The minimum absolute atomic E-state index is 0.00611. The molecule has 0 bridgehead atoms. The van der Waals surface area contributed by atoms with Crippen LogP contribution in [0.3, 0.4) is 0 Å². The van der Waals surface area contributed by atoms with Gasteiger partial charge in [0, 0.05) is 18.2 Å². The first-order chi connectivity index (χ1) is 13.6. The average molecular weight is 392 g/mol. The van der Waals surface area contributed by atoms with Crippen LogP contribution in [-0.4, -0.2) is 49.5 Å². The Morgan fingerprint density at radius 1 is 0.679 bits per heavy atom. The summed E-state index contributed by atoms with van der Waals surface area (Å²) in [6.45, 7) is 1.81. The zero-order valence-corrected chi connectivity index (χ0v) is 15.0. The normalized spacial score (nSPS) is 10.4. The monoisotopic (exact) mass is 392 g/mol. The Labute approximate surface area is 160 Å². The zero-order chi connectivity index (χ0) is 20.2. The predicted octanol–water partition coefficient (Wildman–Crippen LogP) is 2.99. The van der Waals surface area contributed by atoms with E-state index in [0.717, 1.165) is 0 Å². The summed E-state index contributed by atoms with van der Waals surface area (Å²) in [6, 6.07) is 11.9. The second-order valence-corrected chi connectivity index (χ2v) is 5.40. The lowest BCUT2D eigenvalue weighted by Crippen LogP contribution is -2.13. The lowest BCUT2D eigenvalue weighted by Gasteiger charge is -2.09. The van der Waals surface area contributed by atoms with Gasteiger partial charge < -0.3 is 18.9 Å². The largest absolute Gasteiger partial charge is 0.491 e. The summed E-state index contributed by atoms with van der Waals surface area (Å²) in [5.74, 6) is 0.730. The first kappa shape index (κ1) is 21.1. The molecule has 10 heteroatoms. The Morgan fingerprint density at radius 2 is 1.25 bits per heavy atom. The molecule has 0 aliphatic heterocycles. The summed E-state index contributed by atoms with van der Waals surface area (Å²) in [5.41, 5.74) is -0.0783. The quantitative estimate of drug-likeness (QED) is 0.289. The number of benzene rings is 2. The molecule has 10 nitrogen and oxygen atoms in total. The number of nitrogens with zero attached hydrogens (tertiary/aromatic N) is 2. The van der Waals surface area contributed by atoms with E-state index in [2.05, 4.69) is 0 Å². The average Bonchev–Trinajstić information content (AvgIpc) is 2.70. The van der Waals surface area contributed by atoms with Gasteiger partial charge in [-0.3, -0.25) is 20.2 Å². The maximum absolute atomic E-state index is 10.9. The smallest absolute Gasteiger partial charge is 0.310 e. The van der Waals surface area contributed by atoms with E-state index in [-0.39, 0.29) is 30.3 Å². The van der Waals surface area contributed by atoms with Crippen LogP contribution in [0, 0.1) is 20.2 Å². The second kappa shape index (κ2) is 11.5. The Bertz CT molecular complexity index is 766. The second-order valence-electron chi connectivity index (χ2n) is 5.40. The van der Waals surface area contributed by atoms with E-state index in [1.165, 1.54) is 36.4 Å². The number of rotatable bonds is 13. The molecule has 2 aromatic rings. The van der Waals surface area contributed by atoms with Gasteiger partial charge in [-0.15, -0.1) is 0 Å². The predicted molar refractivity (Wildman–Crippen MR) is 98.8 cm³/mol. The number of nitro groups is 2. The lowest BCUT2D eigenvalue weighted by molar-refractivity contribution is -0.385. The summed E-state index contributed by atoms with van der Waals surface area (Å²) in [7, 11) is 0. The fourth-order valence-electron chi connectivity index (χ4n) is 2.15. The van der Waals surface area contributed by atoms with E-state index in [9.17, 15) is 20.2 Å². The fourth-order valence-corrected chi connectivity index (χ4v) is 2.15. The maximum atomic E-state index is 10.9. The number of nitro benzene ring substituents is 2. The molecule has 0 atom stereocenters. The highest BCUT2D eigenvalue weighted by atomic mass is 16.6. The number of ether oxygens (including phenoxy) is 4. The molecule has 0 saturated carbocycles. The highest BCUT2D eigenvalue weighted by molar-refractivity contribution is 5.45.